The number of halogens is 1. The van der Waals surface area contributed by atoms with E-state index in [2.05, 4.69) is 30.9 Å². The Morgan fingerprint density at radius 2 is 2.00 bits per heavy atom. The van der Waals surface area contributed by atoms with Gasteiger partial charge in [-0.25, -0.2) is 4.98 Å². The third-order valence-electron chi connectivity index (χ3n) is 4.00. The number of hydrogen-bond acceptors (Lipinski definition) is 5. The first-order chi connectivity index (χ1) is 12.0. The van der Waals surface area contributed by atoms with Gasteiger partial charge in [0.15, 0.2) is 10.9 Å². The average molecular weight is 394 g/mol. The van der Waals surface area contributed by atoms with Crippen LogP contribution in [-0.4, -0.2) is 43.0 Å². The zero-order valence-corrected chi connectivity index (χ0v) is 17.1. The largest absolute Gasteiger partial charge is 0.459 e. The number of nitrogens with zero attached hydrogens (tertiary/aromatic N) is 3. The van der Waals surface area contributed by atoms with Crippen molar-refractivity contribution in [3.05, 3.63) is 47.4 Å². The molecule has 7 heteroatoms. The van der Waals surface area contributed by atoms with E-state index < -0.39 is 0 Å². The van der Waals surface area contributed by atoms with Gasteiger partial charge in [-0.1, -0.05) is 17.4 Å². The van der Waals surface area contributed by atoms with E-state index in [0.717, 1.165) is 28.3 Å². The molecular weight excluding hydrogens is 370 g/mol. The molecule has 1 amide bonds. The van der Waals surface area contributed by atoms with E-state index in [4.69, 9.17) is 9.40 Å². The lowest BCUT2D eigenvalue weighted by molar-refractivity contribution is 0.0959. The summed E-state index contributed by atoms with van der Waals surface area (Å²) in [5, 5.41) is 0.726. The number of carbonyl (C=O) groups is 1. The van der Waals surface area contributed by atoms with Gasteiger partial charge in [-0.15, -0.1) is 12.4 Å². The fourth-order valence-electron chi connectivity index (χ4n) is 2.84. The molecule has 5 nitrogen and oxygen atoms in total. The second-order valence-corrected chi connectivity index (χ2v) is 7.49. The molecule has 1 aromatic carbocycles. The third kappa shape index (κ3) is 4.44. The Hall–Kier alpha value is -1.89. The van der Waals surface area contributed by atoms with Gasteiger partial charge in [0, 0.05) is 6.54 Å². The van der Waals surface area contributed by atoms with Gasteiger partial charge < -0.3 is 9.32 Å². The lowest BCUT2D eigenvalue weighted by Gasteiger charge is -2.19. The number of amides is 1. The molecule has 0 aliphatic heterocycles. The highest BCUT2D eigenvalue weighted by Crippen LogP contribution is 2.33. The number of benzene rings is 1. The maximum Gasteiger partial charge on any atom is 0.295 e. The Kier molecular flexibility index (Phi) is 6.81. The van der Waals surface area contributed by atoms with E-state index in [9.17, 15) is 4.79 Å². The molecule has 2 aromatic heterocycles. The Morgan fingerprint density at radius 3 is 2.65 bits per heavy atom. The summed E-state index contributed by atoms with van der Waals surface area (Å²) in [5.74, 6) is 0.203. The molecular formula is C19H24ClN3O2S. The summed E-state index contributed by atoms with van der Waals surface area (Å²) in [5.41, 5.74) is 3.32. The summed E-state index contributed by atoms with van der Waals surface area (Å²) < 4.78 is 6.45. The SMILES string of the molecule is Cc1cc(C)c2sc(N(CCCN(C)C)C(=O)c3ccco3)nc2c1.Cl. The lowest BCUT2D eigenvalue weighted by Crippen LogP contribution is -2.33. The van der Waals surface area contributed by atoms with Crippen LogP contribution >= 0.6 is 23.7 Å². The van der Waals surface area contributed by atoms with E-state index in [-0.39, 0.29) is 18.3 Å². The monoisotopic (exact) mass is 393 g/mol. The zero-order chi connectivity index (χ0) is 18.0. The van der Waals surface area contributed by atoms with Gasteiger partial charge in [0.2, 0.25) is 0 Å². The number of fused-ring (bicyclic) bond motifs is 1. The summed E-state index contributed by atoms with van der Waals surface area (Å²) >= 11 is 1.56. The molecule has 0 saturated heterocycles. The molecule has 2 heterocycles. The molecule has 0 atom stereocenters. The van der Waals surface area contributed by atoms with Crippen molar-refractivity contribution in [2.45, 2.75) is 20.3 Å². The normalized spacial score (nSPS) is 11.0. The van der Waals surface area contributed by atoms with Crippen LogP contribution in [0.1, 0.15) is 28.1 Å². The summed E-state index contributed by atoms with van der Waals surface area (Å²) in [6.07, 6.45) is 2.39. The van der Waals surface area contributed by atoms with Crippen LogP contribution in [0.5, 0.6) is 0 Å². The second-order valence-electron chi connectivity index (χ2n) is 6.52. The molecule has 3 rings (SSSR count). The Labute approximate surface area is 164 Å². The van der Waals surface area contributed by atoms with Gasteiger partial charge in [0.1, 0.15) is 0 Å². The van der Waals surface area contributed by atoms with Crippen molar-refractivity contribution in [1.29, 1.82) is 0 Å². The van der Waals surface area contributed by atoms with Crippen LogP contribution in [0.2, 0.25) is 0 Å². The van der Waals surface area contributed by atoms with Gasteiger partial charge in [0.05, 0.1) is 16.5 Å². The topological polar surface area (TPSA) is 49.6 Å². The van der Waals surface area contributed by atoms with E-state index in [1.807, 2.05) is 14.1 Å². The Bertz CT molecular complexity index is 874. The summed E-state index contributed by atoms with van der Waals surface area (Å²) in [6, 6.07) is 7.65. The maximum absolute atomic E-state index is 12.9. The van der Waals surface area contributed by atoms with Crippen LogP contribution in [0.15, 0.2) is 34.9 Å². The van der Waals surface area contributed by atoms with Crippen molar-refractivity contribution in [2.24, 2.45) is 0 Å². The average Bonchev–Trinajstić information content (AvgIpc) is 3.20. The smallest absolute Gasteiger partial charge is 0.295 e. The minimum Gasteiger partial charge on any atom is -0.459 e. The fraction of sp³-hybridized carbons (Fsp3) is 0.368. The van der Waals surface area contributed by atoms with Crippen LogP contribution in [0, 0.1) is 13.8 Å². The number of anilines is 1. The molecule has 3 aromatic rings. The van der Waals surface area contributed by atoms with E-state index >= 15 is 0 Å². The molecule has 0 unspecified atom stereocenters. The maximum atomic E-state index is 12.9. The second kappa shape index (κ2) is 8.66. The highest BCUT2D eigenvalue weighted by Gasteiger charge is 2.23. The third-order valence-corrected chi connectivity index (χ3v) is 5.23. The molecule has 0 fully saturated rings. The van der Waals surface area contributed by atoms with Crippen molar-refractivity contribution in [3.63, 3.8) is 0 Å². The van der Waals surface area contributed by atoms with Crippen molar-refractivity contribution in [1.82, 2.24) is 9.88 Å². The van der Waals surface area contributed by atoms with Crippen LogP contribution < -0.4 is 4.90 Å². The van der Waals surface area contributed by atoms with Gasteiger partial charge >= 0.3 is 0 Å². The highest BCUT2D eigenvalue weighted by molar-refractivity contribution is 7.22. The first kappa shape index (κ1) is 20.4. The quantitative estimate of drug-likeness (QED) is 0.617. The number of thiazole rings is 1. The van der Waals surface area contributed by atoms with Gasteiger partial charge in [-0.2, -0.15) is 0 Å². The Balaban J connectivity index is 0.00000243. The van der Waals surface area contributed by atoms with Crippen LogP contribution in [0.25, 0.3) is 10.2 Å². The van der Waals surface area contributed by atoms with E-state index in [1.165, 1.54) is 17.4 Å². The number of furan rings is 1. The molecule has 140 valence electrons. The molecule has 0 N–H and O–H groups in total. The standard InChI is InChI=1S/C19H23N3O2S.ClH/c1-13-11-14(2)17-15(12-13)20-19(25-17)22(9-6-8-21(3)4)18(23)16-7-5-10-24-16;/h5,7,10-12H,6,8-9H2,1-4H3;1H. The van der Waals surface area contributed by atoms with Crippen molar-refractivity contribution >= 4 is 45.0 Å². The molecule has 26 heavy (non-hydrogen) atoms. The van der Waals surface area contributed by atoms with Crippen molar-refractivity contribution in [2.75, 3.05) is 32.1 Å². The van der Waals surface area contributed by atoms with Crippen LogP contribution in [0.3, 0.4) is 0 Å². The molecule has 0 spiro atoms. The number of aromatic nitrogens is 1. The van der Waals surface area contributed by atoms with Crippen LogP contribution in [-0.2, 0) is 0 Å². The minimum atomic E-state index is -0.141. The number of hydrogen-bond donors (Lipinski definition) is 0. The van der Waals surface area contributed by atoms with E-state index in [0.29, 0.717) is 12.3 Å². The van der Waals surface area contributed by atoms with Gasteiger partial charge in [-0.05, 0) is 70.2 Å². The molecule has 0 bridgehead atoms. The fourth-order valence-corrected chi connectivity index (χ4v) is 3.88. The number of rotatable bonds is 6. The zero-order valence-electron chi connectivity index (χ0n) is 15.5. The highest BCUT2D eigenvalue weighted by atomic mass is 35.5. The summed E-state index contributed by atoms with van der Waals surface area (Å²) in [7, 11) is 4.06. The van der Waals surface area contributed by atoms with Crippen molar-refractivity contribution < 1.29 is 9.21 Å². The lowest BCUT2D eigenvalue weighted by atomic mass is 10.1. The molecule has 0 aliphatic rings. The number of aryl methyl sites for hydroxylation is 2. The Morgan fingerprint density at radius 1 is 1.23 bits per heavy atom. The summed E-state index contributed by atoms with van der Waals surface area (Å²) in [6.45, 7) is 5.66. The summed E-state index contributed by atoms with van der Waals surface area (Å²) in [4.78, 5) is 21.5. The van der Waals surface area contributed by atoms with Gasteiger partial charge in [0.25, 0.3) is 5.91 Å². The van der Waals surface area contributed by atoms with Crippen molar-refractivity contribution in [3.8, 4) is 0 Å². The molecule has 0 aliphatic carbocycles. The first-order valence-corrected chi connectivity index (χ1v) is 9.15. The van der Waals surface area contributed by atoms with E-state index in [1.54, 1.807) is 28.4 Å². The van der Waals surface area contributed by atoms with Gasteiger partial charge in [-0.3, -0.25) is 9.69 Å². The predicted molar refractivity (Wildman–Crippen MR) is 110 cm³/mol. The number of carbonyl (C=O) groups excluding carboxylic acids is 1. The molecule has 0 radical (unpaired) electrons. The minimum absolute atomic E-state index is 0. The molecule has 0 saturated carbocycles. The van der Waals surface area contributed by atoms with Crippen LogP contribution in [0.4, 0.5) is 5.13 Å². The predicted octanol–water partition coefficient (Wildman–Crippen LogP) is 4.53. The first-order valence-electron chi connectivity index (χ1n) is 8.33.